The van der Waals surface area contributed by atoms with E-state index in [1.165, 1.54) is 6.33 Å². The third-order valence-corrected chi connectivity index (χ3v) is 4.74. The van der Waals surface area contributed by atoms with Gasteiger partial charge in [0, 0.05) is 12.0 Å². The van der Waals surface area contributed by atoms with Crippen molar-refractivity contribution in [2.24, 2.45) is 0 Å². The summed E-state index contributed by atoms with van der Waals surface area (Å²) in [5.74, 6) is 1.39. The van der Waals surface area contributed by atoms with E-state index in [1.54, 1.807) is 6.92 Å². The molecule has 0 fully saturated rings. The number of hydrogen-bond acceptors (Lipinski definition) is 6. The van der Waals surface area contributed by atoms with Crippen LogP contribution in [0.2, 0.25) is 0 Å². The number of aromatic amines is 1. The van der Waals surface area contributed by atoms with Gasteiger partial charge in [-0.3, -0.25) is 9.59 Å². The molecule has 8 heteroatoms. The van der Waals surface area contributed by atoms with Crippen molar-refractivity contribution in [3.8, 4) is 11.5 Å². The fraction of sp³-hybridized carbons (Fsp3) is 0.316. The zero-order chi connectivity index (χ0) is 19.2. The summed E-state index contributed by atoms with van der Waals surface area (Å²) in [6.07, 6.45) is 1.25. The number of H-pyrrole nitrogens is 1. The monoisotopic (exact) mass is 369 g/mol. The molecule has 1 amide bonds. The number of rotatable bonds is 4. The molecule has 8 nitrogen and oxygen atoms in total. The number of nitrogens with one attached hydrogen (secondary N) is 2. The van der Waals surface area contributed by atoms with Crippen molar-refractivity contribution in [2.45, 2.75) is 26.2 Å². The summed E-state index contributed by atoms with van der Waals surface area (Å²) in [6, 6.07) is 5.73. The molecule has 0 spiro atoms. The summed E-state index contributed by atoms with van der Waals surface area (Å²) >= 11 is 0. The van der Waals surface area contributed by atoms with Crippen molar-refractivity contribution >= 4 is 17.0 Å². The highest BCUT2D eigenvalue weighted by atomic mass is 16.7. The van der Waals surface area contributed by atoms with Gasteiger partial charge < -0.3 is 24.2 Å². The number of fused-ring (bicyclic) bond motifs is 2. The molecule has 3 aromatic rings. The highest BCUT2D eigenvalue weighted by molar-refractivity contribution is 6.06. The Morgan fingerprint density at radius 2 is 2.07 bits per heavy atom. The molecule has 1 aliphatic heterocycles. The predicted molar refractivity (Wildman–Crippen MR) is 97.3 cm³/mol. The average Bonchev–Trinajstić information content (AvgIpc) is 3.23. The van der Waals surface area contributed by atoms with Gasteiger partial charge in [-0.05, 0) is 24.6 Å². The molecule has 140 valence electrons. The Balaban J connectivity index is 1.57. The molecule has 0 unspecified atom stereocenters. The Hall–Kier alpha value is -3.29. The second-order valence-corrected chi connectivity index (χ2v) is 7.08. The maximum absolute atomic E-state index is 12.8. The van der Waals surface area contributed by atoms with Crippen LogP contribution >= 0.6 is 0 Å². The molecule has 0 saturated heterocycles. The number of furan rings is 1. The minimum Gasteiger partial charge on any atom is -0.454 e. The van der Waals surface area contributed by atoms with Gasteiger partial charge in [0.05, 0.1) is 11.9 Å². The maximum Gasteiger partial charge on any atom is 0.262 e. The molecule has 2 N–H and O–H groups in total. The number of benzene rings is 1. The first-order valence-electron chi connectivity index (χ1n) is 8.52. The molecule has 0 atom stereocenters. The second kappa shape index (κ2) is 6.15. The molecule has 1 aromatic carbocycles. The summed E-state index contributed by atoms with van der Waals surface area (Å²) < 4.78 is 16.2. The van der Waals surface area contributed by atoms with Crippen molar-refractivity contribution in [1.29, 1.82) is 0 Å². The second-order valence-electron chi connectivity index (χ2n) is 7.08. The van der Waals surface area contributed by atoms with Crippen molar-refractivity contribution < 1.29 is 18.7 Å². The number of carbonyl (C=O) groups excluding carboxylic acids is 1. The van der Waals surface area contributed by atoms with E-state index in [9.17, 15) is 9.59 Å². The number of amides is 1. The van der Waals surface area contributed by atoms with Crippen molar-refractivity contribution in [2.75, 3.05) is 13.3 Å². The van der Waals surface area contributed by atoms with E-state index in [2.05, 4.69) is 15.3 Å². The zero-order valence-electron chi connectivity index (χ0n) is 15.2. The molecule has 1 aliphatic rings. The lowest BCUT2D eigenvalue weighted by atomic mass is 9.84. The molecule has 4 rings (SSSR count). The summed E-state index contributed by atoms with van der Waals surface area (Å²) in [4.78, 5) is 31.3. The summed E-state index contributed by atoms with van der Waals surface area (Å²) in [5, 5.41) is 3.06. The summed E-state index contributed by atoms with van der Waals surface area (Å²) in [5.41, 5.74) is 0.587. The van der Waals surface area contributed by atoms with Gasteiger partial charge in [-0.2, -0.15) is 0 Å². The minimum absolute atomic E-state index is 0.149. The number of carbonyl (C=O) groups is 1. The Kier molecular flexibility index (Phi) is 3.91. The van der Waals surface area contributed by atoms with Gasteiger partial charge >= 0.3 is 0 Å². The van der Waals surface area contributed by atoms with Crippen LogP contribution in [0.1, 0.15) is 35.5 Å². The smallest absolute Gasteiger partial charge is 0.262 e. The molecule has 0 saturated carbocycles. The molecule has 3 heterocycles. The maximum atomic E-state index is 12.8. The third kappa shape index (κ3) is 2.92. The molecular weight excluding hydrogens is 350 g/mol. The van der Waals surface area contributed by atoms with E-state index >= 15 is 0 Å². The predicted octanol–water partition coefficient (Wildman–Crippen LogP) is 2.26. The first kappa shape index (κ1) is 17.1. The van der Waals surface area contributed by atoms with Crippen molar-refractivity contribution in [1.82, 2.24) is 15.3 Å². The normalized spacial score (nSPS) is 13.1. The number of hydrogen-bond donors (Lipinski definition) is 2. The van der Waals surface area contributed by atoms with Gasteiger partial charge in [0.1, 0.15) is 11.1 Å². The Morgan fingerprint density at radius 3 is 2.89 bits per heavy atom. The first-order valence-corrected chi connectivity index (χ1v) is 8.52. The number of nitrogens with zero attached hydrogens (tertiary/aromatic N) is 1. The van der Waals surface area contributed by atoms with E-state index in [0.717, 1.165) is 5.56 Å². The van der Waals surface area contributed by atoms with Crippen LogP contribution in [-0.2, 0) is 5.41 Å². The van der Waals surface area contributed by atoms with Crippen LogP contribution in [0.4, 0.5) is 0 Å². The largest absolute Gasteiger partial charge is 0.454 e. The van der Waals surface area contributed by atoms with Crippen LogP contribution in [0.3, 0.4) is 0 Å². The lowest BCUT2D eigenvalue weighted by molar-refractivity contribution is 0.0945. The molecule has 27 heavy (non-hydrogen) atoms. The standard InChI is InChI=1S/C19H19N3O5/c1-10-14(15-17(24)21-8-22-18(15)27-10)16(23)20-7-19(2,3)11-4-5-12-13(6-11)26-9-25-12/h4-6,8H,7,9H2,1-3H3,(H,20,23)(H,21,22,24). The lowest BCUT2D eigenvalue weighted by Crippen LogP contribution is -2.37. The number of aryl methyl sites for hydroxylation is 1. The first-order chi connectivity index (χ1) is 12.9. The topological polar surface area (TPSA) is 106 Å². The Labute approximate surface area is 154 Å². The molecule has 0 aliphatic carbocycles. The van der Waals surface area contributed by atoms with E-state index in [0.29, 0.717) is 23.8 Å². The SMILES string of the molecule is Cc1oc2nc[nH]c(=O)c2c1C(=O)NCC(C)(C)c1ccc2c(c1)OCO2. The van der Waals surface area contributed by atoms with Crippen LogP contribution in [0.25, 0.3) is 11.1 Å². The van der Waals surface area contributed by atoms with Crippen LogP contribution in [0, 0.1) is 6.92 Å². The van der Waals surface area contributed by atoms with E-state index in [-0.39, 0.29) is 34.8 Å². The summed E-state index contributed by atoms with van der Waals surface area (Å²) in [6.45, 7) is 6.24. The van der Waals surface area contributed by atoms with E-state index in [4.69, 9.17) is 13.9 Å². The van der Waals surface area contributed by atoms with Gasteiger partial charge in [0.25, 0.3) is 11.5 Å². The third-order valence-electron chi connectivity index (χ3n) is 4.74. The van der Waals surface area contributed by atoms with E-state index < -0.39 is 5.56 Å². The van der Waals surface area contributed by atoms with Crippen molar-refractivity contribution in [3.63, 3.8) is 0 Å². The highest BCUT2D eigenvalue weighted by Crippen LogP contribution is 2.36. The lowest BCUT2D eigenvalue weighted by Gasteiger charge is -2.26. The van der Waals surface area contributed by atoms with Gasteiger partial charge in [-0.1, -0.05) is 19.9 Å². The number of aromatic nitrogens is 2. The van der Waals surface area contributed by atoms with Crippen LogP contribution < -0.4 is 20.3 Å². The Bertz CT molecular complexity index is 1100. The van der Waals surface area contributed by atoms with Gasteiger partial charge in [0.2, 0.25) is 12.5 Å². The fourth-order valence-electron chi connectivity index (χ4n) is 3.14. The van der Waals surface area contributed by atoms with Gasteiger partial charge in [-0.15, -0.1) is 0 Å². The van der Waals surface area contributed by atoms with Gasteiger partial charge in [0.15, 0.2) is 11.5 Å². The fourth-order valence-corrected chi connectivity index (χ4v) is 3.14. The molecule has 0 radical (unpaired) electrons. The van der Waals surface area contributed by atoms with E-state index in [1.807, 2.05) is 32.0 Å². The molecule has 2 aromatic heterocycles. The average molecular weight is 369 g/mol. The van der Waals surface area contributed by atoms with Gasteiger partial charge in [-0.25, -0.2) is 4.98 Å². The highest BCUT2D eigenvalue weighted by Gasteiger charge is 2.27. The number of ether oxygens (including phenoxy) is 2. The van der Waals surface area contributed by atoms with Crippen LogP contribution in [0.15, 0.2) is 33.7 Å². The Morgan fingerprint density at radius 1 is 1.30 bits per heavy atom. The summed E-state index contributed by atoms with van der Waals surface area (Å²) in [7, 11) is 0. The van der Waals surface area contributed by atoms with Crippen LogP contribution in [0.5, 0.6) is 11.5 Å². The minimum atomic E-state index is -0.406. The molecule has 0 bridgehead atoms. The molecular formula is C19H19N3O5. The van der Waals surface area contributed by atoms with Crippen molar-refractivity contribution in [3.05, 3.63) is 51.8 Å². The zero-order valence-corrected chi connectivity index (χ0v) is 15.2. The van der Waals surface area contributed by atoms with Crippen LogP contribution in [-0.4, -0.2) is 29.2 Å². The quantitative estimate of drug-likeness (QED) is 0.731.